The average molecular weight is 383 g/mol. The van der Waals surface area contributed by atoms with Gasteiger partial charge in [-0.3, -0.25) is 9.59 Å². The highest BCUT2D eigenvalue weighted by molar-refractivity contribution is 7.90. The maximum atomic E-state index is 13.0. The van der Waals surface area contributed by atoms with Crippen LogP contribution in [0.15, 0.2) is 75.3 Å². The van der Waals surface area contributed by atoms with Gasteiger partial charge in [-0.25, -0.2) is 0 Å². The summed E-state index contributed by atoms with van der Waals surface area (Å²) in [5, 5.41) is 0. The largest absolute Gasteiger partial charge is 0.286 e. The summed E-state index contributed by atoms with van der Waals surface area (Å²) in [5.74, 6) is -0.990. The Kier molecular flexibility index (Phi) is 4.89. The van der Waals surface area contributed by atoms with Gasteiger partial charge in [-0.15, -0.1) is 0 Å². The van der Waals surface area contributed by atoms with Crippen LogP contribution in [0.4, 0.5) is 0 Å². The Hall–Kier alpha value is -2.93. The number of aromatic nitrogens is 1. The van der Waals surface area contributed by atoms with Gasteiger partial charge in [-0.2, -0.15) is 17.4 Å². The van der Waals surface area contributed by atoms with Gasteiger partial charge >= 0.3 is 0 Å². The van der Waals surface area contributed by atoms with E-state index in [0.717, 1.165) is 5.56 Å². The topological polar surface area (TPSA) is 84.5 Å². The Bertz CT molecular complexity index is 1080. The number of rotatable bonds is 3. The summed E-state index contributed by atoms with van der Waals surface area (Å²) in [7, 11) is -4.08. The van der Waals surface area contributed by atoms with Gasteiger partial charge in [-0.1, -0.05) is 23.8 Å². The maximum Gasteiger partial charge on any atom is 0.284 e. The molecule has 1 aliphatic rings. The Morgan fingerprint density at radius 2 is 1.44 bits per heavy atom. The lowest BCUT2D eigenvalue weighted by Gasteiger charge is -2.19. The van der Waals surface area contributed by atoms with E-state index in [9.17, 15) is 18.0 Å². The molecule has 27 heavy (non-hydrogen) atoms. The van der Waals surface area contributed by atoms with E-state index < -0.39 is 21.8 Å². The molecule has 1 aromatic heterocycles. The van der Waals surface area contributed by atoms with Crippen LogP contribution in [0.1, 0.15) is 25.5 Å². The molecule has 0 amide bonds. The number of nitrogens with zero attached hydrogens (tertiary/aromatic N) is 2. The number of hydrogen-bond donors (Lipinski definition) is 0. The highest BCUT2D eigenvalue weighted by Gasteiger charge is 2.44. The Morgan fingerprint density at radius 1 is 0.852 bits per heavy atom. The molecule has 6 nitrogen and oxygen atoms in total. The maximum absolute atomic E-state index is 13.0. The molecule has 0 fully saturated rings. The molecule has 1 heterocycles. The zero-order valence-corrected chi connectivity index (χ0v) is 16.0. The number of allylic oxidation sites excluding steroid dienone is 2. The van der Waals surface area contributed by atoms with E-state index >= 15 is 0 Å². The number of benzene rings is 1. The fraction of sp³-hybridized carbons (Fsp3) is 0.200. The third kappa shape index (κ3) is 3.50. The monoisotopic (exact) mass is 383 g/mol. The van der Waals surface area contributed by atoms with Crippen molar-refractivity contribution in [3.63, 3.8) is 0 Å². The van der Waals surface area contributed by atoms with E-state index in [1.165, 1.54) is 16.7 Å². The molecule has 3 rings (SSSR count). The minimum absolute atomic E-state index is 0.000308. The lowest BCUT2D eigenvalue weighted by molar-refractivity contribution is -0.695. The standard InChI is InChI=1S/C20H19N2O4S/c1-13-7-9-16(10-8-13)27(25,26)21-17-14(2)15(3)19(23)18(20(17)24)22-11-5-4-6-12-22/h4-12,18H,1-3H3/q+1/t18-/m0/s1. The third-order valence-electron chi connectivity index (χ3n) is 4.58. The predicted molar refractivity (Wildman–Crippen MR) is 99.9 cm³/mol. The molecular weight excluding hydrogens is 364 g/mol. The number of ketones is 2. The highest BCUT2D eigenvalue weighted by atomic mass is 32.2. The molecule has 0 bridgehead atoms. The molecule has 0 saturated carbocycles. The summed E-state index contributed by atoms with van der Waals surface area (Å²) >= 11 is 0. The van der Waals surface area contributed by atoms with Gasteiger partial charge in [0.15, 0.2) is 12.4 Å². The van der Waals surface area contributed by atoms with Crippen LogP contribution < -0.4 is 4.57 Å². The first-order chi connectivity index (χ1) is 12.7. The van der Waals surface area contributed by atoms with Crippen molar-refractivity contribution in [3.8, 4) is 0 Å². The molecule has 0 radical (unpaired) electrons. The Labute approximate surface area is 157 Å². The van der Waals surface area contributed by atoms with Gasteiger partial charge in [0, 0.05) is 17.7 Å². The summed E-state index contributed by atoms with van der Waals surface area (Å²) in [6, 6.07) is 10.2. The quantitative estimate of drug-likeness (QED) is 0.600. The van der Waals surface area contributed by atoms with E-state index in [4.69, 9.17) is 0 Å². The van der Waals surface area contributed by atoms with Crippen LogP contribution in [0, 0.1) is 6.92 Å². The minimum atomic E-state index is -4.08. The number of carbonyl (C=O) groups excluding carboxylic acids is 2. The smallest absolute Gasteiger partial charge is 0.284 e. The molecule has 1 aromatic carbocycles. The van der Waals surface area contributed by atoms with E-state index in [0.29, 0.717) is 5.57 Å². The first kappa shape index (κ1) is 18.8. The number of aryl methyl sites for hydroxylation is 1. The molecule has 0 saturated heterocycles. The highest BCUT2D eigenvalue weighted by Crippen LogP contribution is 2.24. The molecule has 138 valence electrons. The molecule has 0 aliphatic heterocycles. The lowest BCUT2D eigenvalue weighted by atomic mass is 9.86. The fourth-order valence-corrected chi connectivity index (χ4v) is 3.91. The molecular formula is C20H19N2O4S+. The van der Waals surface area contributed by atoms with E-state index in [1.807, 2.05) is 6.92 Å². The number of hydrogen-bond acceptors (Lipinski definition) is 4. The van der Waals surface area contributed by atoms with Crippen LogP contribution in [0.25, 0.3) is 0 Å². The van der Waals surface area contributed by atoms with Crippen molar-refractivity contribution in [3.05, 3.63) is 71.6 Å². The SMILES string of the molecule is CC1=C(C)C(=NS(=O)(=O)c2ccc(C)cc2)C(=O)[C@@H]([n+]2ccccc2)C1=O. The lowest BCUT2D eigenvalue weighted by Crippen LogP contribution is -2.53. The Balaban J connectivity index is 2.13. The normalized spacial score (nSPS) is 19.7. The van der Waals surface area contributed by atoms with Crippen LogP contribution in [0.5, 0.6) is 0 Å². The van der Waals surface area contributed by atoms with Gasteiger partial charge in [-0.05, 0) is 38.5 Å². The number of Topliss-reactive ketones (excluding diaryl/α,β-unsaturated/α-hetero) is 2. The van der Waals surface area contributed by atoms with E-state index in [-0.39, 0.29) is 22.0 Å². The van der Waals surface area contributed by atoms with Gasteiger partial charge in [0.2, 0.25) is 5.78 Å². The van der Waals surface area contributed by atoms with Crippen LogP contribution in [0.2, 0.25) is 0 Å². The summed E-state index contributed by atoms with van der Waals surface area (Å²) in [4.78, 5) is 25.6. The molecule has 1 atom stereocenters. The van der Waals surface area contributed by atoms with Crippen molar-refractivity contribution in [2.75, 3.05) is 0 Å². The number of sulfonamides is 1. The van der Waals surface area contributed by atoms with Crippen LogP contribution in [-0.4, -0.2) is 25.7 Å². The molecule has 0 unspecified atom stereocenters. The van der Waals surface area contributed by atoms with Crippen molar-refractivity contribution in [2.45, 2.75) is 31.7 Å². The zero-order valence-electron chi connectivity index (χ0n) is 15.2. The van der Waals surface area contributed by atoms with Crippen molar-refractivity contribution in [1.82, 2.24) is 0 Å². The number of pyridine rings is 1. The van der Waals surface area contributed by atoms with Crippen molar-refractivity contribution < 1.29 is 22.6 Å². The molecule has 1 aliphatic carbocycles. The van der Waals surface area contributed by atoms with Gasteiger partial charge in [0.05, 0.1) is 4.90 Å². The molecule has 7 heteroatoms. The van der Waals surface area contributed by atoms with E-state index in [2.05, 4.69) is 4.40 Å². The first-order valence-electron chi connectivity index (χ1n) is 8.36. The molecule has 2 aromatic rings. The van der Waals surface area contributed by atoms with Gasteiger partial charge in [0.1, 0.15) is 5.71 Å². The van der Waals surface area contributed by atoms with Crippen molar-refractivity contribution >= 4 is 27.3 Å². The van der Waals surface area contributed by atoms with Crippen molar-refractivity contribution in [2.24, 2.45) is 4.40 Å². The number of carbonyl (C=O) groups is 2. The second-order valence-electron chi connectivity index (χ2n) is 6.43. The summed E-state index contributed by atoms with van der Waals surface area (Å²) < 4.78 is 30.6. The fourth-order valence-electron chi connectivity index (χ4n) is 2.85. The van der Waals surface area contributed by atoms with Gasteiger partial charge in [0.25, 0.3) is 21.8 Å². The second-order valence-corrected chi connectivity index (χ2v) is 8.04. The summed E-state index contributed by atoms with van der Waals surface area (Å²) in [6.45, 7) is 4.96. The molecule has 0 spiro atoms. The second kappa shape index (κ2) is 7.00. The predicted octanol–water partition coefficient (Wildman–Crippen LogP) is 2.14. The van der Waals surface area contributed by atoms with Crippen LogP contribution >= 0.6 is 0 Å². The average Bonchev–Trinajstić information content (AvgIpc) is 2.65. The minimum Gasteiger partial charge on any atom is -0.286 e. The Morgan fingerprint density at radius 3 is 2.04 bits per heavy atom. The first-order valence-corrected chi connectivity index (χ1v) is 9.80. The van der Waals surface area contributed by atoms with Crippen molar-refractivity contribution in [1.29, 1.82) is 0 Å². The van der Waals surface area contributed by atoms with Crippen LogP contribution in [0.3, 0.4) is 0 Å². The summed E-state index contributed by atoms with van der Waals surface area (Å²) in [6.07, 6.45) is 3.20. The molecule has 0 N–H and O–H groups in total. The van der Waals surface area contributed by atoms with Crippen LogP contribution in [-0.2, 0) is 19.6 Å². The van der Waals surface area contributed by atoms with Gasteiger partial charge < -0.3 is 0 Å². The third-order valence-corrected chi connectivity index (χ3v) is 5.88. The zero-order chi connectivity index (χ0) is 19.8. The van der Waals surface area contributed by atoms with E-state index in [1.54, 1.807) is 56.6 Å². The summed E-state index contributed by atoms with van der Waals surface area (Å²) in [5.41, 5.74) is 1.32.